The van der Waals surface area contributed by atoms with Crippen LogP contribution in [-0.4, -0.2) is 30.7 Å². The van der Waals surface area contributed by atoms with E-state index in [1.165, 1.54) is 18.9 Å². The van der Waals surface area contributed by atoms with E-state index < -0.39 is 0 Å². The van der Waals surface area contributed by atoms with Gasteiger partial charge >= 0.3 is 5.97 Å². The van der Waals surface area contributed by atoms with Crippen LogP contribution in [0.1, 0.15) is 6.92 Å². The van der Waals surface area contributed by atoms with Gasteiger partial charge in [-0.05, 0) is 19.1 Å². The lowest BCUT2D eigenvalue weighted by Gasteiger charge is -2.13. The van der Waals surface area contributed by atoms with E-state index in [9.17, 15) is 4.79 Å². The minimum absolute atomic E-state index is 0.0806. The topological polar surface area (TPSA) is 35.5 Å². The van der Waals surface area contributed by atoms with Crippen molar-refractivity contribution < 1.29 is 14.3 Å². The Hall–Kier alpha value is -1.16. The zero-order chi connectivity index (χ0) is 11.8. The van der Waals surface area contributed by atoms with E-state index in [-0.39, 0.29) is 12.1 Å². The molecule has 0 radical (unpaired) electrons. The van der Waals surface area contributed by atoms with Gasteiger partial charge in [0.05, 0.1) is 12.9 Å². The van der Waals surface area contributed by atoms with Crippen LogP contribution < -0.4 is 4.74 Å². The van der Waals surface area contributed by atoms with Gasteiger partial charge in [-0.1, -0.05) is 18.2 Å². The lowest BCUT2D eigenvalue weighted by atomic mass is 10.3. The Morgan fingerprint density at radius 1 is 1.38 bits per heavy atom. The van der Waals surface area contributed by atoms with Crippen LogP contribution in [0.2, 0.25) is 0 Å². The molecule has 1 unspecified atom stereocenters. The number of hydrogen-bond acceptors (Lipinski definition) is 4. The van der Waals surface area contributed by atoms with Crippen LogP contribution >= 0.6 is 11.8 Å². The van der Waals surface area contributed by atoms with Crippen molar-refractivity contribution in [1.29, 1.82) is 0 Å². The first-order chi connectivity index (χ1) is 7.72. The summed E-state index contributed by atoms with van der Waals surface area (Å²) in [7, 11) is 1.40. The van der Waals surface area contributed by atoms with E-state index in [1.54, 1.807) is 0 Å². The summed E-state index contributed by atoms with van der Waals surface area (Å²) in [5.74, 6) is 1.80. The molecule has 0 amide bonds. The molecule has 0 bridgehead atoms. The number of carbonyl (C=O) groups excluding carboxylic acids is 1. The van der Waals surface area contributed by atoms with Crippen LogP contribution in [0.25, 0.3) is 0 Å². The maximum absolute atomic E-state index is 10.9. The Morgan fingerprint density at radius 3 is 2.69 bits per heavy atom. The third kappa shape index (κ3) is 5.07. The quantitative estimate of drug-likeness (QED) is 0.715. The van der Waals surface area contributed by atoms with Crippen LogP contribution in [0.15, 0.2) is 30.3 Å². The summed E-state index contributed by atoms with van der Waals surface area (Å²) in [5.41, 5.74) is 0. The minimum atomic E-state index is -0.197. The number of benzene rings is 1. The van der Waals surface area contributed by atoms with Gasteiger partial charge in [0.25, 0.3) is 0 Å². The molecule has 3 nitrogen and oxygen atoms in total. The molecule has 0 saturated carbocycles. The van der Waals surface area contributed by atoms with Crippen LogP contribution in [0.5, 0.6) is 5.75 Å². The molecule has 1 atom stereocenters. The zero-order valence-electron chi connectivity index (χ0n) is 9.51. The average Bonchev–Trinajstić information content (AvgIpc) is 2.30. The fourth-order valence-electron chi connectivity index (χ4n) is 1.13. The van der Waals surface area contributed by atoms with E-state index in [2.05, 4.69) is 4.74 Å². The van der Waals surface area contributed by atoms with Crippen molar-refractivity contribution in [1.82, 2.24) is 0 Å². The summed E-state index contributed by atoms with van der Waals surface area (Å²) < 4.78 is 10.2. The Kier molecular flexibility index (Phi) is 5.78. The molecule has 4 heteroatoms. The molecule has 0 aliphatic rings. The second-order valence-corrected chi connectivity index (χ2v) is 4.36. The largest absolute Gasteiger partial charge is 0.490 e. The monoisotopic (exact) mass is 240 g/mol. The molecule has 1 aromatic rings. The van der Waals surface area contributed by atoms with Crippen LogP contribution in [0.4, 0.5) is 0 Å². The molecule has 0 heterocycles. The van der Waals surface area contributed by atoms with E-state index in [4.69, 9.17) is 4.74 Å². The summed E-state index contributed by atoms with van der Waals surface area (Å²) >= 11 is 1.51. The Bertz CT molecular complexity index is 313. The number of hydrogen-bond donors (Lipinski definition) is 0. The van der Waals surface area contributed by atoms with Crippen molar-refractivity contribution in [2.45, 2.75) is 13.0 Å². The summed E-state index contributed by atoms with van der Waals surface area (Å²) in [6.07, 6.45) is 0.0806. The first kappa shape index (κ1) is 12.9. The van der Waals surface area contributed by atoms with Gasteiger partial charge in [-0.2, -0.15) is 0 Å². The highest BCUT2D eigenvalue weighted by Gasteiger charge is 2.06. The number of thioether (sulfide) groups is 1. The number of ether oxygens (including phenoxy) is 2. The molecule has 1 rings (SSSR count). The number of methoxy groups -OCH3 is 1. The van der Waals surface area contributed by atoms with E-state index in [1.807, 2.05) is 37.3 Å². The van der Waals surface area contributed by atoms with Crippen LogP contribution in [-0.2, 0) is 9.53 Å². The first-order valence-electron chi connectivity index (χ1n) is 5.08. The fraction of sp³-hybridized carbons (Fsp3) is 0.417. The first-order valence-corrected chi connectivity index (χ1v) is 6.24. The van der Waals surface area contributed by atoms with Crippen molar-refractivity contribution in [3.8, 4) is 5.75 Å². The molecular weight excluding hydrogens is 224 g/mol. The number of esters is 1. The number of para-hydroxylation sites is 1. The number of carbonyl (C=O) groups is 1. The maximum Gasteiger partial charge on any atom is 0.315 e. The van der Waals surface area contributed by atoms with Gasteiger partial charge in [0.15, 0.2) is 0 Å². The lowest BCUT2D eigenvalue weighted by molar-refractivity contribution is -0.137. The van der Waals surface area contributed by atoms with Gasteiger partial charge < -0.3 is 9.47 Å². The van der Waals surface area contributed by atoms with Gasteiger partial charge in [-0.15, -0.1) is 11.8 Å². The summed E-state index contributed by atoms with van der Waals surface area (Å²) in [4.78, 5) is 10.9. The van der Waals surface area contributed by atoms with Crippen molar-refractivity contribution in [3.63, 3.8) is 0 Å². The van der Waals surface area contributed by atoms with Crippen molar-refractivity contribution in [3.05, 3.63) is 30.3 Å². The molecule has 88 valence electrons. The second kappa shape index (κ2) is 7.17. The van der Waals surface area contributed by atoms with Gasteiger partial charge in [-0.25, -0.2) is 0 Å². The van der Waals surface area contributed by atoms with Gasteiger partial charge in [0, 0.05) is 5.75 Å². The predicted molar refractivity (Wildman–Crippen MR) is 65.9 cm³/mol. The molecule has 16 heavy (non-hydrogen) atoms. The van der Waals surface area contributed by atoms with Crippen LogP contribution in [0.3, 0.4) is 0 Å². The standard InChI is InChI=1S/C12H16O3S/c1-10(8-16-9-12(13)14-2)15-11-6-4-3-5-7-11/h3-7,10H,8-9H2,1-2H3. The second-order valence-electron chi connectivity index (χ2n) is 3.33. The van der Waals surface area contributed by atoms with Gasteiger partial charge in [0.1, 0.15) is 11.9 Å². The van der Waals surface area contributed by atoms with Gasteiger partial charge in [-0.3, -0.25) is 4.79 Å². The Labute approximate surface area is 100 Å². The van der Waals surface area contributed by atoms with E-state index in [0.29, 0.717) is 5.75 Å². The van der Waals surface area contributed by atoms with Crippen molar-refractivity contribution in [2.24, 2.45) is 0 Å². The zero-order valence-corrected chi connectivity index (χ0v) is 10.3. The highest BCUT2D eigenvalue weighted by atomic mass is 32.2. The molecule has 0 N–H and O–H groups in total. The highest BCUT2D eigenvalue weighted by Crippen LogP contribution is 2.13. The lowest BCUT2D eigenvalue weighted by Crippen LogP contribution is -2.16. The summed E-state index contributed by atoms with van der Waals surface area (Å²) in [6, 6.07) is 9.65. The Morgan fingerprint density at radius 2 is 2.06 bits per heavy atom. The SMILES string of the molecule is COC(=O)CSCC(C)Oc1ccccc1. The molecule has 0 spiro atoms. The molecule has 0 aromatic heterocycles. The van der Waals surface area contributed by atoms with Crippen LogP contribution in [0, 0.1) is 0 Å². The molecule has 0 saturated heterocycles. The van der Waals surface area contributed by atoms with E-state index >= 15 is 0 Å². The van der Waals surface area contributed by atoms with E-state index in [0.717, 1.165) is 11.5 Å². The summed E-state index contributed by atoms with van der Waals surface area (Å²) in [6.45, 7) is 1.98. The minimum Gasteiger partial charge on any atom is -0.490 e. The maximum atomic E-state index is 10.9. The molecule has 0 aliphatic heterocycles. The Balaban J connectivity index is 2.21. The van der Waals surface area contributed by atoms with Crippen molar-refractivity contribution in [2.75, 3.05) is 18.6 Å². The molecule has 0 fully saturated rings. The molecule has 1 aromatic carbocycles. The summed E-state index contributed by atoms with van der Waals surface area (Å²) in [5, 5.41) is 0. The highest BCUT2D eigenvalue weighted by molar-refractivity contribution is 7.99. The number of rotatable bonds is 6. The third-order valence-electron chi connectivity index (χ3n) is 1.88. The normalized spacial score (nSPS) is 11.9. The fourth-order valence-corrected chi connectivity index (χ4v) is 1.93. The smallest absolute Gasteiger partial charge is 0.315 e. The third-order valence-corrected chi connectivity index (χ3v) is 3.03. The molecule has 0 aliphatic carbocycles. The average molecular weight is 240 g/mol. The predicted octanol–water partition coefficient (Wildman–Crippen LogP) is 2.36. The van der Waals surface area contributed by atoms with Crippen molar-refractivity contribution >= 4 is 17.7 Å². The van der Waals surface area contributed by atoms with Gasteiger partial charge in [0.2, 0.25) is 0 Å². The molecular formula is C12H16O3S.